The van der Waals surface area contributed by atoms with Crippen molar-refractivity contribution in [3.63, 3.8) is 0 Å². The third kappa shape index (κ3) is 5.21. The highest BCUT2D eigenvalue weighted by molar-refractivity contribution is 5.76. The van der Waals surface area contributed by atoms with E-state index in [9.17, 15) is 4.79 Å². The van der Waals surface area contributed by atoms with Gasteiger partial charge in [-0.2, -0.15) is 0 Å². The summed E-state index contributed by atoms with van der Waals surface area (Å²) >= 11 is 0. The second-order valence-electron chi connectivity index (χ2n) is 5.63. The molecule has 4 heteroatoms. The predicted octanol–water partition coefficient (Wildman–Crippen LogP) is 2.27. The normalized spacial score (nSPS) is 10.9. The van der Waals surface area contributed by atoms with E-state index in [0.29, 0.717) is 19.0 Å². The lowest BCUT2D eigenvalue weighted by atomic mass is 10.1. The average molecular weight is 277 g/mol. The molecule has 1 amide bonds. The fourth-order valence-corrected chi connectivity index (χ4v) is 2.13. The summed E-state index contributed by atoms with van der Waals surface area (Å²) < 4.78 is 0. The second-order valence-corrected chi connectivity index (χ2v) is 5.63. The minimum absolute atomic E-state index is 0.101. The first-order valence-corrected chi connectivity index (χ1v) is 7.29. The molecule has 0 bridgehead atoms. The second kappa shape index (κ2) is 7.90. The highest BCUT2D eigenvalue weighted by atomic mass is 16.1. The fourth-order valence-electron chi connectivity index (χ4n) is 2.13. The molecule has 0 saturated heterocycles. The van der Waals surface area contributed by atoms with Crippen LogP contribution in [0.4, 0.5) is 5.69 Å². The van der Waals surface area contributed by atoms with Gasteiger partial charge in [0.05, 0.1) is 0 Å². The Morgan fingerprint density at radius 1 is 1.20 bits per heavy atom. The Labute approximate surface area is 122 Å². The monoisotopic (exact) mass is 277 g/mol. The SMILES string of the molecule is CC(C)NC(=O)CCN(c1ccc(CN)cc1)C(C)C. The molecule has 1 aromatic rings. The molecule has 112 valence electrons. The van der Waals surface area contributed by atoms with E-state index >= 15 is 0 Å². The van der Waals surface area contributed by atoms with Gasteiger partial charge in [-0.25, -0.2) is 0 Å². The van der Waals surface area contributed by atoms with Crippen molar-refractivity contribution in [1.29, 1.82) is 0 Å². The van der Waals surface area contributed by atoms with Gasteiger partial charge < -0.3 is 16.0 Å². The summed E-state index contributed by atoms with van der Waals surface area (Å²) in [5.41, 5.74) is 7.87. The third-order valence-corrected chi connectivity index (χ3v) is 3.16. The van der Waals surface area contributed by atoms with Gasteiger partial charge in [0.25, 0.3) is 0 Å². The maximum Gasteiger partial charge on any atom is 0.221 e. The maximum atomic E-state index is 11.8. The highest BCUT2D eigenvalue weighted by Crippen LogP contribution is 2.18. The number of rotatable bonds is 7. The standard InChI is InChI=1S/C16H27N3O/c1-12(2)18-16(20)9-10-19(13(3)4)15-7-5-14(11-17)6-8-15/h5-8,12-13H,9-11,17H2,1-4H3,(H,18,20). The van der Waals surface area contributed by atoms with Gasteiger partial charge in [-0.1, -0.05) is 12.1 Å². The van der Waals surface area contributed by atoms with Crippen LogP contribution in [-0.2, 0) is 11.3 Å². The van der Waals surface area contributed by atoms with Gasteiger partial charge in [0, 0.05) is 37.3 Å². The lowest BCUT2D eigenvalue weighted by Gasteiger charge is -2.29. The molecule has 0 radical (unpaired) electrons. The van der Waals surface area contributed by atoms with Gasteiger partial charge >= 0.3 is 0 Å². The molecule has 0 fully saturated rings. The number of hydrogen-bond acceptors (Lipinski definition) is 3. The zero-order valence-corrected chi connectivity index (χ0v) is 13.0. The van der Waals surface area contributed by atoms with E-state index in [2.05, 4.69) is 36.2 Å². The molecule has 0 aliphatic carbocycles. The van der Waals surface area contributed by atoms with Crippen LogP contribution >= 0.6 is 0 Å². The van der Waals surface area contributed by atoms with Gasteiger partial charge in [-0.15, -0.1) is 0 Å². The van der Waals surface area contributed by atoms with Crippen LogP contribution in [0.1, 0.15) is 39.7 Å². The summed E-state index contributed by atoms with van der Waals surface area (Å²) in [6, 6.07) is 8.77. The van der Waals surface area contributed by atoms with Gasteiger partial charge in [0.15, 0.2) is 0 Å². The molecule has 3 N–H and O–H groups in total. The quantitative estimate of drug-likeness (QED) is 0.804. The lowest BCUT2D eigenvalue weighted by molar-refractivity contribution is -0.121. The minimum atomic E-state index is 0.101. The van der Waals surface area contributed by atoms with Crippen molar-refractivity contribution in [3.8, 4) is 0 Å². The summed E-state index contributed by atoms with van der Waals surface area (Å²) in [7, 11) is 0. The number of amides is 1. The van der Waals surface area contributed by atoms with E-state index in [1.54, 1.807) is 0 Å². The van der Waals surface area contributed by atoms with Crippen LogP contribution in [0.2, 0.25) is 0 Å². The first-order valence-electron chi connectivity index (χ1n) is 7.29. The lowest BCUT2D eigenvalue weighted by Crippen LogP contribution is -2.37. The van der Waals surface area contributed by atoms with Crippen LogP contribution < -0.4 is 16.0 Å². The molecule has 0 unspecified atom stereocenters. The third-order valence-electron chi connectivity index (χ3n) is 3.16. The number of benzene rings is 1. The fraction of sp³-hybridized carbons (Fsp3) is 0.562. The van der Waals surface area contributed by atoms with Crippen LogP contribution in [-0.4, -0.2) is 24.5 Å². The molecule has 0 saturated carbocycles. The molecule has 0 aromatic heterocycles. The van der Waals surface area contributed by atoms with Crippen molar-refractivity contribution in [3.05, 3.63) is 29.8 Å². The van der Waals surface area contributed by atoms with Crippen LogP contribution in [0.25, 0.3) is 0 Å². The summed E-state index contributed by atoms with van der Waals surface area (Å²) in [6.45, 7) is 9.50. The number of hydrogen-bond donors (Lipinski definition) is 2. The Hall–Kier alpha value is -1.55. The van der Waals surface area contributed by atoms with Crippen molar-refractivity contribution in [1.82, 2.24) is 5.32 Å². The number of anilines is 1. The molecule has 1 aromatic carbocycles. The molecule has 0 aliphatic heterocycles. The van der Waals surface area contributed by atoms with Gasteiger partial charge in [-0.05, 0) is 45.4 Å². The van der Waals surface area contributed by atoms with E-state index in [1.165, 1.54) is 0 Å². The average Bonchev–Trinajstić information content (AvgIpc) is 2.38. The number of carbonyl (C=O) groups excluding carboxylic acids is 1. The molecule has 4 nitrogen and oxygen atoms in total. The van der Waals surface area contributed by atoms with E-state index in [1.807, 2.05) is 26.0 Å². The van der Waals surface area contributed by atoms with E-state index in [4.69, 9.17) is 5.73 Å². The zero-order valence-electron chi connectivity index (χ0n) is 13.0. The maximum absolute atomic E-state index is 11.8. The smallest absolute Gasteiger partial charge is 0.221 e. The summed E-state index contributed by atoms with van der Waals surface area (Å²) in [4.78, 5) is 14.0. The Morgan fingerprint density at radius 3 is 2.25 bits per heavy atom. The number of carbonyl (C=O) groups is 1. The van der Waals surface area contributed by atoms with Crippen LogP contribution in [0, 0.1) is 0 Å². The largest absolute Gasteiger partial charge is 0.369 e. The first kappa shape index (κ1) is 16.5. The van der Waals surface area contributed by atoms with Crippen LogP contribution in [0.3, 0.4) is 0 Å². The summed E-state index contributed by atoms with van der Waals surface area (Å²) in [6.07, 6.45) is 0.509. The first-order chi connectivity index (χ1) is 9.43. The van der Waals surface area contributed by atoms with Gasteiger partial charge in [-0.3, -0.25) is 4.79 Å². The minimum Gasteiger partial charge on any atom is -0.369 e. The number of nitrogens with two attached hydrogens (primary N) is 1. The Kier molecular flexibility index (Phi) is 6.52. The molecular formula is C16H27N3O. The van der Waals surface area contributed by atoms with E-state index < -0.39 is 0 Å². The van der Waals surface area contributed by atoms with Crippen molar-refractivity contribution in [2.24, 2.45) is 5.73 Å². The van der Waals surface area contributed by atoms with E-state index in [-0.39, 0.29) is 11.9 Å². The summed E-state index contributed by atoms with van der Waals surface area (Å²) in [5.74, 6) is 0.101. The van der Waals surface area contributed by atoms with Crippen LogP contribution in [0.15, 0.2) is 24.3 Å². The van der Waals surface area contributed by atoms with Crippen LogP contribution in [0.5, 0.6) is 0 Å². The molecule has 0 atom stereocenters. The van der Waals surface area contributed by atoms with Crippen molar-refractivity contribution in [2.45, 2.75) is 52.7 Å². The molecular weight excluding hydrogens is 250 g/mol. The molecule has 0 heterocycles. The number of nitrogens with one attached hydrogen (secondary N) is 1. The topological polar surface area (TPSA) is 58.4 Å². The van der Waals surface area contributed by atoms with Crippen molar-refractivity contribution < 1.29 is 4.79 Å². The van der Waals surface area contributed by atoms with Gasteiger partial charge in [0.2, 0.25) is 5.91 Å². The molecule has 1 rings (SSSR count). The predicted molar refractivity (Wildman–Crippen MR) is 84.7 cm³/mol. The Morgan fingerprint density at radius 2 is 1.80 bits per heavy atom. The van der Waals surface area contributed by atoms with Gasteiger partial charge in [0.1, 0.15) is 0 Å². The van der Waals surface area contributed by atoms with E-state index in [0.717, 1.165) is 17.8 Å². The number of nitrogens with zero attached hydrogens (tertiary/aromatic N) is 1. The Bertz CT molecular complexity index is 412. The Balaban J connectivity index is 2.66. The highest BCUT2D eigenvalue weighted by Gasteiger charge is 2.13. The van der Waals surface area contributed by atoms with Crippen molar-refractivity contribution >= 4 is 11.6 Å². The molecule has 0 aliphatic rings. The molecule has 20 heavy (non-hydrogen) atoms. The zero-order chi connectivity index (χ0) is 15.1. The summed E-state index contributed by atoms with van der Waals surface area (Å²) in [5, 5.41) is 2.92. The molecule has 0 spiro atoms. The van der Waals surface area contributed by atoms with Crippen molar-refractivity contribution in [2.75, 3.05) is 11.4 Å².